The smallest absolute Gasteiger partial charge is 0.468 e. The largest absolute Gasteiger partial charge is 0.511 e. The molecule has 0 aliphatic heterocycles. The second kappa shape index (κ2) is 15.1. The maximum atomic E-state index is 15.1. The molecule has 206 valence electrons. The first-order valence-electron chi connectivity index (χ1n) is 13.7. The van der Waals surface area contributed by atoms with Crippen molar-refractivity contribution in [1.29, 1.82) is 0 Å². The summed E-state index contributed by atoms with van der Waals surface area (Å²) in [6.45, 7) is 2.59. The average Bonchev–Trinajstić information content (AvgIpc) is 2.92. The van der Waals surface area contributed by atoms with E-state index in [2.05, 4.69) is 6.92 Å². The lowest BCUT2D eigenvalue weighted by molar-refractivity contribution is -0.140. The number of rotatable bonds is 16. The monoisotopic (exact) mass is 546 g/mol. The van der Waals surface area contributed by atoms with Gasteiger partial charge in [-0.25, -0.2) is 4.39 Å². The summed E-state index contributed by atoms with van der Waals surface area (Å²) in [6, 6.07) is 21.5. The van der Waals surface area contributed by atoms with E-state index in [0.717, 1.165) is 25.3 Å². The molecular weight excluding hydrogens is 508 g/mol. The highest BCUT2D eigenvalue weighted by molar-refractivity contribution is 6.93. The van der Waals surface area contributed by atoms with Gasteiger partial charge in [-0.15, -0.1) is 0 Å². The van der Waals surface area contributed by atoms with E-state index < -0.39 is 31.9 Å². The number of benzene rings is 3. The molecule has 0 spiro atoms. The molecule has 0 aromatic heterocycles. The molecule has 3 rings (SSSR count). The Labute approximate surface area is 225 Å². The van der Waals surface area contributed by atoms with Crippen LogP contribution in [0.3, 0.4) is 0 Å². The molecule has 0 unspecified atom stereocenters. The van der Waals surface area contributed by atoms with E-state index in [1.165, 1.54) is 57.1 Å². The maximum Gasteiger partial charge on any atom is 0.468 e. The average molecular weight is 547 g/mol. The van der Waals surface area contributed by atoms with E-state index in [1.807, 2.05) is 60.7 Å². The van der Waals surface area contributed by atoms with Crippen LogP contribution in [0.15, 0.2) is 78.9 Å². The third-order valence-corrected chi connectivity index (χ3v) is 9.94. The number of hydrogen-bond donors (Lipinski definition) is 0. The summed E-state index contributed by atoms with van der Waals surface area (Å²) in [5.74, 6) is -1.88. The summed E-state index contributed by atoms with van der Waals surface area (Å²) >= 11 is 0. The summed E-state index contributed by atoms with van der Waals surface area (Å²) in [4.78, 5) is 0. The fraction of sp³-hybridized carbons (Fsp3) is 0.419. The van der Waals surface area contributed by atoms with Gasteiger partial charge >= 0.3 is 14.7 Å². The van der Waals surface area contributed by atoms with Gasteiger partial charge in [-0.2, -0.15) is 13.2 Å². The molecule has 0 N–H and O–H groups in total. The molecule has 3 aromatic rings. The molecule has 0 aliphatic rings. The zero-order chi connectivity index (χ0) is 27.3. The Hall–Kier alpha value is -2.64. The third-order valence-electron chi connectivity index (χ3n) is 6.63. The Morgan fingerprint density at radius 2 is 1.13 bits per heavy atom. The van der Waals surface area contributed by atoms with Gasteiger partial charge in [0, 0.05) is 17.0 Å². The van der Waals surface area contributed by atoms with E-state index in [9.17, 15) is 13.2 Å². The van der Waals surface area contributed by atoms with E-state index >= 15 is 4.39 Å². The molecule has 38 heavy (non-hydrogen) atoms. The zero-order valence-corrected chi connectivity index (χ0v) is 23.1. The van der Waals surface area contributed by atoms with Crippen LogP contribution in [-0.4, -0.2) is 15.2 Å². The Kier molecular flexibility index (Phi) is 11.9. The Morgan fingerprint density at radius 1 is 0.632 bits per heavy atom. The minimum atomic E-state index is -4.83. The summed E-state index contributed by atoms with van der Waals surface area (Å²) < 4.78 is 68.2. The second-order valence-electron chi connectivity index (χ2n) is 9.60. The molecule has 0 aliphatic carbocycles. The molecular formula is C31H38F4O2Si. The van der Waals surface area contributed by atoms with Crippen molar-refractivity contribution in [2.45, 2.75) is 77.3 Å². The lowest BCUT2D eigenvalue weighted by atomic mass is 10.1. The number of hydrogen-bond acceptors (Lipinski definition) is 2. The van der Waals surface area contributed by atoms with Crippen LogP contribution < -0.4 is 14.8 Å². The summed E-state index contributed by atoms with van der Waals surface area (Å²) in [6.07, 6.45) is 6.89. The van der Waals surface area contributed by atoms with E-state index in [1.54, 1.807) is 0 Å². The quantitative estimate of drug-likeness (QED) is 0.102. The van der Waals surface area contributed by atoms with E-state index in [-0.39, 0.29) is 0 Å². The van der Waals surface area contributed by atoms with Crippen molar-refractivity contribution in [3.63, 3.8) is 0 Å². The molecule has 0 radical (unpaired) electrons. The molecule has 0 fully saturated rings. The lowest BCUT2D eigenvalue weighted by Crippen LogP contribution is -2.66. The summed E-state index contributed by atoms with van der Waals surface area (Å²) in [5, 5.41) is 1.41. The molecule has 0 atom stereocenters. The maximum absolute atomic E-state index is 15.1. The van der Waals surface area contributed by atoms with Crippen LogP contribution in [0, 0.1) is 5.82 Å². The fourth-order valence-corrected chi connectivity index (χ4v) is 7.69. The Morgan fingerprint density at radius 3 is 1.63 bits per heavy atom. The van der Waals surface area contributed by atoms with Crippen LogP contribution in [0.2, 0.25) is 0 Å². The highest BCUT2D eigenvalue weighted by Crippen LogP contribution is 2.35. The first-order valence-corrected chi connectivity index (χ1v) is 15.5. The van der Waals surface area contributed by atoms with Gasteiger partial charge in [-0.1, -0.05) is 131 Å². The van der Waals surface area contributed by atoms with Crippen LogP contribution in [0.5, 0.6) is 5.75 Å². The fourth-order valence-electron chi connectivity index (χ4n) is 4.56. The normalized spacial score (nSPS) is 12.0. The van der Waals surface area contributed by atoms with Gasteiger partial charge < -0.3 is 8.85 Å². The molecule has 0 bridgehead atoms. The standard InChI is InChI=1S/C31H38F4O2Si/c1-2-3-4-5-6-7-8-9-10-17-25-36-38(26-19-13-11-14-20-26,27-21-15-12-16-22-27)37-29-24-18-23-28(30(29)32)31(33,34)35/h11-16,18-24H,2-10,17,25H2,1H3. The van der Waals surface area contributed by atoms with Gasteiger partial charge in [0.15, 0.2) is 5.82 Å². The first-order chi connectivity index (χ1) is 18.4. The molecule has 7 heteroatoms. The van der Waals surface area contributed by atoms with Crippen LogP contribution in [0.25, 0.3) is 0 Å². The van der Waals surface area contributed by atoms with Crippen LogP contribution >= 0.6 is 0 Å². The van der Waals surface area contributed by atoms with Gasteiger partial charge in [-0.05, 0) is 18.6 Å². The minimum Gasteiger partial charge on any atom is -0.511 e. The van der Waals surface area contributed by atoms with Crippen molar-refractivity contribution in [2.75, 3.05) is 6.61 Å². The molecule has 0 saturated carbocycles. The van der Waals surface area contributed by atoms with E-state index in [0.29, 0.717) is 17.0 Å². The first kappa shape index (κ1) is 29.9. The molecule has 0 saturated heterocycles. The number of halogens is 4. The van der Waals surface area contributed by atoms with Crippen molar-refractivity contribution in [2.24, 2.45) is 0 Å². The van der Waals surface area contributed by atoms with E-state index in [4.69, 9.17) is 8.85 Å². The van der Waals surface area contributed by atoms with Crippen molar-refractivity contribution in [3.05, 3.63) is 90.2 Å². The van der Waals surface area contributed by atoms with Crippen molar-refractivity contribution in [1.82, 2.24) is 0 Å². The van der Waals surface area contributed by atoms with Gasteiger partial charge in [0.05, 0.1) is 5.56 Å². The van der Waals surface area contributed by atoms with Crippen LogP contribution in [0.1, 0.15) is 76.7 Å². The minimum absolute atomic E-state index is 0.368. The SMILES string of the molecule is CCCCCCCCCCCCO[Si](Oc1cccc(C(F)(F)F)c1F)(c1ccccc1)c1ccccc1. The highest BCUT2D eigenvalue weighted by Gasteiger charge is 2.46. The van der Waals surface area contributed by atoms with Crippen LogP contribution in [-0.2, 0) is 10.6 Å². The predicted octanol–water partition coefficient (Wildman–Crippen LogP) is 8.42. The molecule has 3 aromatic carbocycles. The molecule has 2 nitrogen and oxygen atoms in total. The number of alkyl halides is 3. The lowest BCUT2D eigenvalue weighted by Gasteiger charge is -2.32. The topological polar surface area (TPSA) is 18.5 Å². The third kappa shape index (κ3) is 8.43. The summed E-state index contributed by atoms with van der Waals surface area (Å²) in [5.41, 5.74) is -1.35. The van der Waals surface area contributed by atoms with Gasteiger partial charge in [-0.3, -0.25) is 0 Å². The van der Waals surface area contributed by atoms with Crippen LogP contribution in [0.4, 0.5) is 17.6 Å². The van der Waals surface area contributed by atoms with Crippen molar-refractivity contribution in [3.8, 4) is 5.75 Å². The molecule has 0 heterocycles. The van der Waals surface area contributed by atoms with Gasteiger partial charge in [0.1, 0.15) is 5.75 Å². The summed E-state index contributed by atoms with van der Waals surface area (Å²) in [7, 11) is -3.60. The zero-order valence-electron chi connectivity index (χ0n) is 22.1. The highest BCUT2D eigenvalue weighted by atomic mass is 28.4. The molecule has 0 amide bonds. The van der Waals surface area contributed by atoms with Crippen molar-refractivity contribution < 1.29 is 26.4 Å². The van der Waals surface area contributed by atoms with Crippen molar-refractivity contribution >= 4 is 18.9 Å². The second-order valence-corrected chi connectivity index (χ2v) is 12.5. The Bertz CT molecular complexity index is 1030. The van der Waals surface area contributed by atoms with Gasteiger partial charge in [0.2, 0.25) is 0 Å². The predicted molar refractivity (Wildman–Crippen MR) is 148 cm³/mol. The number of unbranched alkanes of at least 4 members (excludes halogenated alkanes) is 9. The van der Waals surface area contributed by atoms with Gasteiger partial charge in [0.25, 0.3) is 0 Å². The Balaban J connectivity index is 1.78.